The summed E-state index contributed by atoms with van der Waals surface area (Å²) in [5.74, 6) is 0. The van der Waals surface area contributed by atoms with Crippen molar-refractivity contribution in [2.24, 2.45) is 0 Å². The first-order valence-electron chi connectivity index (χ1n) is 7.46. The molecule has 0 bridgehead atoms. The van der Waals surface area contributed by atoms with Crippen LogP contribution in [0.15, 0.2) is 0 Å². The van der Waals surface area contributed by atoms with E-state index in [-0.39, 0.29) is 14.0 Å². The predicted octanol–water partition coefficient (Wildman–Crippen LogP) is -4.11. The first-order chi connectivity index (χ1) is 11.3. The molecule has 0 radical (unpaired) electrons. The van der Waals surface area contributed by atoms with Gasteiger partial charge in [0.2, 0.25) is 0 Å². The molecule has 2 rings (SSSR count). The molecule has 2 heterocycles. The van der Waals surface area contributed by atoms with Crippen LogP contribution >= 0.6 is 0 Å². The lowest BCUT2D eigenvalue weighted by Crippen LogP contribution is -2.64. The second-order valence-corrected chi connectivity index (χ2v) is 5.80. The topological polar surface area (TPSA) is 179 Å². The molecule has 2 saturated heterocycles. The second-order valence-electron chi connectivity index (χ2n) is 5.80. The van der Waals surface area contributed by atoms with Crippen LogP contribution in [-0.2, 0) is 18.9 Å². The van der Waals surface area contributed by atoms with E-state index in [0.29, 0.717) is 0 Å². The van der Waals surface area contributed by atoms with E-state index in [4.69, 9.17) is 24.1 Å². The first kappa shape index (κ1) is 22.6. The highest BCUT2D eigenvalue weighted by Crippen LogP contribution is 2.28. The highest BCUT2D eigenvalue weighted by atomic mass is 16.7. The molecule has 0 aromatic carbocycles. The van der Waals surface area contributed by atoms with E-state index in [9.17, 15) is 30.6 Å². The molecular weight excluding hydrogens is 344 g/mol. The van der Waals surface area contributed by atoms with Crippen LogP contribution in [0, 0.1) is 0 Å². The first-order valence-corrected chi connectivity index (χ1v) is 7.46. The molecule has 11 nitrogen and oxygen atoms in total. The highest BCUT2D eigenvalue weighted by Gasteiger charge is 2.50. The molecule has 10 atom stereocenters. The van der Waals surface area contributed by atoms with E-state index in [1.54, 1.807) is 0 Å². The molecule has 0 amide bonds. The molecule has 11 heteroatoms. The number of hydrogen-bond acceptors (Lipinski definition) is 11. The van der Waals surface area contributed by atoms with Crippen molar-refractivity contribution in [1.82, 2.24) is 0 Å². The summed E-state index contributed by atoms with van der Waals surface area (Å²) in [7, 11) is 1.35. The molecule has 0 aliphatic carbocycles. The Morgan fingerprint density at radius 2 is 1.44 bits per heavy atom. The molecule has 0 spiro atoms. The van der Waals surface area contributed by atoms with Crippen molar-refractivity contribution >= 4 is 0 Å². The fourth-order valence-electron chi connectivity index (χ4n) is 2.72. The summed E-state index contributed by atoms with van der Waals surface area (Å²) in [4.78, 5) is 0. The monoisotopic (exact) mass is 372 g/mol. The highest BCUT2D eigenvalue weighted by molar-refractivity contribution is 4.93. The average Bonchev–Trinajstić information content (AvgIpc) is 2.56. The van der Waals surface area contributed by atoms with Gasteiger partial charge in [0.05, 0.1) is 13.2 Å². The fraction of sp³-hybridized carbons (Fsp3) is 1.00. The number of aliphatic hydroxyl groups excluding tert-OH is 7. The third-order valence-corrected chi connectivity index (χ3v) is 4.13. The van der Waals surface area contributed by atoms with E-state index in [0.717, 1.165) is 0 Å². The summed E-state index contributed by atoms with van der Waals surface area (Å²) >= 11 is 0. The van der Waals surface area contributed by atoms with Gasteiger partial charge in [0.25, 0.3) is 0 Å². The number of rotatable bonds is 5. The van der Waals surface area contributed by atoms with Crippen molar-refractivity contribution in [3.63, 3.8) is 0 Å². The third kappa shape index (κ3) is 4.64. The minimum Gasteiger partial charge on any atom is -0.394 e. The van der Waals surface area contributed by atoms with Crippen molar-refractivity contribution in [2.45, 2.75) is 68.8 Å². The normalized spacial score (nSPS) is 48.0. The lowest BCUT2D eigenvalue weighted by molar-refractivity contribution is -0.355. The Morgan fingerprint density at radius 3 is 2.00 bits per heavy atom. The van der Waals surface area contributed by atoms with Gasteiger partial charge < -0.3 is 54.7 Å². The van der Waals surface area contributed by atoms with E-state index in [1.807, 2.05) is 0 Å². The van der Waals surface area contributed by atoms with Gasteiger partial charge in [0.15, 0.2) is 12.6 Å². The molecule has 2 aliphatic rings. The fourth-order valence-corrected chi connectivity index (χ4v) is 2.72. The van der Waals surface area contributed by atoms with Crippen molar-refractivity contribution in [3.05, 3.63) is 0 Å². The molecule has 7 N–H and O–H groups in total. The van der Waals surface area contributed by atoms with Crippen LogP contribution in [0.2, 0.25) is 0 Å². The molecule has 2 fully saturated rings. The molecule has 0 saturated carbocycles. The smallest absolute Gasteiger partial charge is 0.187 e. The molecule has 0 aromatic rings. The Morgan fingerprint density at radius 1 is 0.800 bits per heavy atom. The third-order valence-electron chi connectivity index (χ3n) is 4.13. The summed E-state index contributed by atoms with van der Waals surface area (Å²) < 4.78 is 20.6. The Hall–Kier alpha value is -0.440. The molecular formula is C14H28O11. The van der Waals surface area contributed by atoms with Crippen LogP contribution in [-0.4, -0.2) is 117 Å². The summed E-state index contributed by atoms with van der Waals surface area (Å²) in [5.41, 5.74) is 0. The van der Waals surface area contributed by atoms with Gasteiger partial charge in [-0.05, 0) is 0 Å². The van der Waals surface area contributed by atoms with E-state index in [1.165, 1.54) is 7.11 Å². The number of aliphatic hydroxyl groups is 7. The minimum absolute atomic E-state index is 0. The standard InChI is InChI=1S/C13H24O11.CH4/c1-21-3-5-11(8(17)9(18)12(20)22-5)24-13-10(19)7(16)6(15)4(2-14)23-13;/h4-20H,2-3H2,1H3;1H4/t4?,5?,6-,7+,8-,9?,10?,11-,12+,13-;/m0./s1. The van der Waals surface area contributed by atoms with Crippen LogP contribution < -0.4 is 0 Å². The lowest BCUT2D eigenvalue weighted by atomic mass is 9.97. The van der Waals surface area contributed by atoms with Crippen molar-refractivity contribution < 1.29 is 54.7 Å². The van der Waals surface area contributed by atoms with E-state index in [2.05, 4.69) is 0 Å². The van der Waals surface area contributed by atoms with E-state index < -0.39 is 68.0 Å². The van der Waals surface area contributed by atoms with Gasteiger partial charge in [0.1, 0.15) is 48.8 Å². The maximum atomic E-state index is 10.1. The maximum Gasteiger partial charge on any atom is 0.187 e. The zero-order valence-corrected chi connectivity index (χ0v) is 13.0. The van der Waals surface area contributed by atoms with Crippen LogP contribution in [0.3, 0.4) is 0 Å². The van der Waals surface area contributed by atoms with E-state index >= 15 is 0 Å². The van der Waals surface area contributed by atoms with Gasteiger partial charge in [-0.2, -0.15) is 0 Å². The van der Waals surface area contributed by atoms with Crippen molar-refractivity contribution in [1.29, 1.82) is 0 Å². The Kier molecular flexibility index (Phi) is 8.57. The molecule has 4 unspecified atom stereocenters. The molecule has 25 heavy (non-hydrogen) atoms. The summed E-state index contributed by atoms with van der Waals surface area (Å²) in [6.45, 7) is -0.750. The second kappa shape index (κ2) is 9.48. The maximum absolute atomic E-state index is 10.1. The molecule has 2 aliphatic heterocycles. The van der Waals surface area contributed by atoms with Crippen molar-refractivity contribution in [2.75, 3.05) is 20.3 Å². The number of hydrogen-bond donors (Lipinski definition) is 7. The van der Waals surface area contributed by atoms with Gasteiger partial charge in [-0.1, -0.05) is 7.43 Å². The van der Waals surface area contributed by atoms with Gasteiger partial charge in [-0.25, -0.2) is 0 Å². The zero-order valence-electron chi connectivity index (χ0n) is 13.0. The molecule has 150 valence electrons. The largest absolute Gasteiger partial charge is 0.394 e. The van der Waals surface area contributed by atoms with Crippen LogP contribution in [0.5, 0.6) is 0 Å². The zero-order chi connectivity index (χ0) is 18.0. The summed E-state index contributed by atoms with van der Waals surface area (Å²) in [5, 5.41) is 67.9. The predicted molar refractivity (Wildman–Crippen MR) is 80.1 cm³/mol. The van der Waals surface area contributed by atoms with Gasteiger partial charge in [-0.3, -0.25) is 0 Å². The van der Waals surface area contributed by atoms with Crippen LogP contribution in [0.1, 0.15) is 7.43 Å². The van der Waals surface area contributed by atoms with Crippen molar-refractivity contribution in [3.8, 4) is 0 Å². The van der Waals surface area contributed by atoms with Gasteiger partial charge >= 0.3 is 0 Å². The van der Waals surface area contributed by atoms with Gasteiger partial charge in [0, 0.05) is 7.11 Å². The SMILES string of the molecule is C.COCC1O[C@@H](O)C(O)[C@H](O)[C@H]1O[C@@H]1OC(CO)[C@H](O)[C@@H](O)C1O. The lowest BCUT2D eigenvalue weighted by Gasteiger charge is -2.45. The van der Waals surface area contributed by atoms with Crippen LogP contribution in [0.25, 0.3) is 0 Å². The number of ether oxygens (including phenoxy) is 4. The minimum atomic E-state index is -1.68. The number of methoxy groups -OCH3 is 1. The Bertz CT molecular complexity index is 395. The Labute approximate surface area is 144 Å². The quantitative estimate of drug-likeness (QED) is 0.249. The van der Waals surface area contributed by atoms with Crippen LogP contribution in [0.4, 0.5) is 0 Å². The molecule has 0 aromatic heterocycles. The average molecular weight is 372 g/mol. The van der Waals surface area contributed by atoms with Gasteiger partial charge in [-0.15, -0.1) is 0 Å². The summed E-state index contributed by atoms with van der Waals surface area (Å²) in [6, 6.07) is 0. The Balaban J connectivity index is 0.00000312. The summed E-state index contributed by atoms with van der Waals surface area (Å²) in [6.07, 6.45) is -14.8.